The minimum atomic E-state index is -4.17. The monoisotopic (exact) mass is 410 g/mol. The van der Waals surface area contributed by atoms with Crippen molar-refractivity contribution in [3.8, 4) is 0 Å². The van der Waals surface area contributed by atoms with E-state index < -0.39 is 22.0 Å². The molecular weight excluding hydrogens is 392 g/mol. The number of para-hydroxylation sites is 1. The molecule has 2 amide bonds. The summed E-state index contributed by atoms with van der Waals surface area (Å²) in [5.41, 5.74) is 1.45. The van der Waals surface area contributed by atoms with Crippen molar-refractivity contribution < 1.29 is 23.1 Å². The SMILES string of the molecule is Cc1ccc(S(=O)(=O)N(C(=O)c2ccc(NC(=O)O)cc2)c2ccccc2)cc1. The second kappa shape index (κ2) is 8.15. The molecule has 0 saturated carbocycles. The van der Waals surface area contributed by atoms with Crippen LogP contribution in [0.2, 0.25) is 0 Å². The number of rotatable bonds is 5. The fraction of sp³-hybridized carbons (Fsp3) is 0.0476. The quantitative estimate of drug-likeness (QED) is 0.658. The maximum atomic E-state index is 13.3. The van der Waals surface area contributed by atoms with Crippen LogP contribution >= 0.6 is 0 Å². The van der Waals surface area contributed by atoms with Gasteiger partial charge in [-0.1, -0.05) is 35.9 Å². The highest BCUT2D eigenvalue weighted by molar-refractivity contribution is 7.93. The molecule has 3 aromatic rings. The summed E-state index contributed by atoms with van der Waals surface area (Å²) in [6, 6.07) is 19.8. The van der Waals surface area contributed by atoms with Crippen LogP contribution < -0.4 is 9.62 Å². The van der Waals surface area contributed by atoms with Gasteiger partial charge in [0.05, 0.1) is 10.6 Å². The Morgan fingerprint density at radius 2 is 1.45 bits per heavy atom. The van der Waals surface area contributed by atoms with Crippen LogP contribution in [0.25, 0.3) is 0 Å². The molecule has 0 radical (unpaired) electrons. The Hall–Kier alpha value is -3.65. The zero-order valence-electron chi connectivity index (χ0n) is 15.4. The van der Waals surface area contributed by atoms with Crippen molar-refractivity contribution in [2.45, 2.75) is 11.8 Å². The van der Waals surface area contributed by atoms with E-state index >= 15 is 0 Å². The van der Waals surface area contributed by atoms with Crippen LogP contribution in [0.4, 0.5) is 16.2 Å². The molecule has 0 unspecified atom stereocenters. The number of hydrogen-bond donors (Lipinski definition) is 2. The lowest BCUT2D eigenvalue weighted by Crippen LogP contribution is -2.37. The first-order chi connectivity index (χ1) is 13.8. The number of amides is 2. The van der Waals surface area contributed by atoms with Crippen molar-refractivity contribution in [3.05, 3.63) is 90.0 Å². The van der Waals surface area contributed by atoms with Crippen LogP contribution in [-0.2, 0) is 10.0 Å². The molecule has 0 aliphatic rings. The normalized spacial score (nSPS) is 10.9. The lowest BCUT2D eigenvalue weighted by molar-refractivity contribution is 0.101. The molecule has 148 valence electrons. The molecule has 29 heavy (non-hydrogen) atoms. The van der Waals surface area contributed by atoms with Crippen molar-refractivity contribution in [1.82, 2.24) is 0 Å². The number of nitrogens with zero attached hydrogens (tertiary/aromatic N) is 1. The third-order valence-electron chi connectivity index (χ3n) is 4.12. The topological polar surface area (TPSA) is 104 Å². The summed E-state index contributed by atoms with van der Waals surface area (Å²) < 4.78 is 27.3. The fourth-order valence-corrected chi connectivity index (χ4v) is 4.09. The Kier molecular flexibility index (Phi) is 5.65. The van der Waals surface area contributed by atoms with Gasteiger partial charge in [0.1, 0.15) is 0 Å². The van der Waals surface area contributed by atoms with Gasteiger partial charge in [0.2, 0.25) is 0 Å². The molecule has 0 aliphatic carbocycles. The van der Waals surface area contributed by atoms with Crippen LogP contribution in [0.5, 0.6) is 0 Å². The Labute approximate surface area is 168 Å². The van der Waals surface area contributed by atoms with E-state index in [4.69, 9.17) is 5.11 Å². The number of sulfonamides is 1. The van der Waals surface area contributed by atoms with Gasteiger partial charge in [-0.3, -0.25) is 10.1 Å². The van der Waals surface area contributed by atoms with Gasteiger partial charge >= 0.3 is 6.09 Å². The molecule has 2 N–H and O–H groups in total. The average Bonchev–Trinajstić information content (AvgIpc) is 2.69. The van der Waals surface area contributed by atoms with Crippen molar-refractivity contribution >= 4 is 33.4 Å². The Morgan fingerprint density at radius 3 is 2.00 bits per heavy atom. The van der Waals surface area contributed by atoms with Crippen LogP contribution in [0, 0.1) is 6.92 Å². The van der Waals surface area contributed by atoms with Crippen LogP contribution in [-0.4, -0.2) is 25.5 Å². The maximum Gasteiger partial charge on any atom is 0.409 e. The number of anilines is 2. The zero-order valence-corrected chi connectivity index (χ0v) is 16.3. The van der Waals surface area contributed by atoms with Crippen LogP contribution in [0.3, 0.4) is 0 Å². The Morgan fingerprint density at radius 1 is 0.862 bits per heavy atom. The van der Waals surface area contributed by atoms with E-state index in [-0.39, 0.29) is 21.8 Å². The number of carboxylic acid groups (broad SMARTS) is 1. The van der Waals surface area contributed by atoms with Gasteiger partial charge in [-0.15, -0.1) is 0 Å². The number of carbonyl (C=O) groups is 2. The number of nitrogens with one attached hydrogen (secondary N) is 1. The molecule has 8 heteroatoms. The van der Waals surface area contributed by atoms with Gasteiger partial charge in [-0.2, -0.15) is 4.31 Å². The highest BCUT2D eigenvalue weighted by atomic mass is 32.2. The second-order valence-corrected chi connectivity index (χ2v) is 8.02. The molecule has 0 atom stereocenters. The minimum absolute atomic E-state index is 0.00975. The van der Waals surface area contributed by atoms with Gasteiger partial charge in [0.25, 0.3) is 15.9 Å². The minimum Gasteiger partial charge on any atom is -0.465 e. The predicted octanol–water partition coefficient (Wildman–Crippen LogP) is 4.12. The van der Waals surface area contributed by atoms with Gasteiger partial charge in [-0.25, -0.2) is 13.2 Å². The molecule has 0 spiro atoms. The van der Waals surface area contributed by atoms with E-state index in [2.05, 4.69) is 5.32 Å². The first-order valence-electron chi connectivity index (χ1n) is 8.60. The highest BCUT2D eigenvalue weighted by Crippen LogP contribution is 2.26. The summed E-state index contributed by atoms with van der Waals surface area (Å²) in [5.74, 6) is -0.751. The Balaban J connectivity index is 2.05. The predicted molar refractivity (Wildman–Crippen MR) is 110 cm³/mol. The summed E-state index contributed by atoms with van der Waals surface area (Å²) in [7, 11) is -4.17. The molecule has 0 fully saturated rings. The van der Waals surface area contributed by atoms with E-state index in [9.17, 15) is 18.0 Å². The molecule has 7 nitrogen and oxygen atoms in total. The first kappa shape index (κ1) is 20.1. The maximum absolute atomic E-state index is 13.3. The Bertz CT molecular complexity index is 1130. The first-order valence-corrected chi connectivity index (χ1v) is 10.0. The largest absolute Gasteiger partial charge is 0.465 e. The lowest BCUT2D eigenvalue weighted by Gasteiger charge is -2.23. The average molecular weight is 410 g/mol. The number of carbonyl (C=O) groups excluding carboxylic acids is 1. The molecule has 0 heterocycles. The standard InChI is InChI=1S/C21H18N2O5S/c1-15-7-13-19(14-8-15)29(27,28)23(18-5-3-2-4-6-18)20(24)16-9-11-17(12-10-16)22-21(25)26/h2-14,22H,1H3,(H,25,26). The van der Waals surface area contributed by atoms with Crippen molar-refractivity contribution in [2.24, 2.45) is 0 Å². The summed E-state index contributed by atoms with van der Waals surface area (Å²) in [5, 5.41) is 10.9. The number of benzene rings is 3. The molecule has 3 rings (SSSR count). The van der Waals surface area contributed by atoms with Crippen molar-refractivity contribution in [3.63, 3.8) is 0 Å². The smallest absolute Gasteiger partial charge is 0.409 e. The van der Waals surface area contributed by atoms with Crippen molar-refractivity contribution in [1.29, 1.82) is 0 Å². The third-order valence-corrected chi connectivity index (χ3v) is 5.84. The summed E-state index contributed by atoms with van der Waals surface area (Å²) in [4.78, 5) is 23.9. The second-order valence-electron chi connectivity index (χ2n) is 6.23. The molecule has 0 bridgehead atoms. The molecular formula is C21H18N2O5S. The molecule has 0 saturated heterocycles. The van der Waals surface area contributed by atoms with Crippen LogP contribution in [0.15, 0.2) is 83.8 Å². The van der Waals surface area contributed by atoms with Crippen molar-refractivity contribution in [2.75, 3.05) is 9.62 Å². The number of aryl methyl sites for hydroxylation is 1. The lowest BCUT2D eigenvalue weighted by atomic mass is 10.2. The summed E-state index contributed by atoms with van der Waals surface area (Å²) >= 11 is 0. The van der Waals surface area contributed by atoms with E-state index in [0.29, 0.717) is 0 Å². The fourth-order valence-electron chi connectivity index (χ4n) is 2.68. The van der Waals surface area contributed by atoms with Crippen LogP contribution in [0.1, 0.15) is 15.9 Å². The molecule has 3 aromatic carbocycles. The van der Waals surface area contributed by atoms with E-state index in [1.54, 1.807) is 30.3 Å². The van der Waals surface area contributed by atoms with Gasteiger partial charge in [-0.05, 0) is 55.5 Å². The van der Waals surface area contributed by atoms with E-state index in [1.165, 1.54) is 48.5 Å². The number of hydrogen-bond acceptors (Lipinski definition) is 4. The van der Waals surface area contributed by atoms with Gasteiger partial charge in [0, 0.05) is 11.3 Å². The molecule has 0 aromatic heterocycles. The van der Waals surface area contributed by atoms with E-state index in [1.807, 2.05) is 6.92 Å². The van der Waals surface area contributed by atoms with E-state index in [0.717, 1.165) is 9.87 Å². The van der Waals surface area contributed by atoms with Gasteiger partial charge in [0.15, 0.2) is 0 Å². The zero-order chi connectivity index (χ0) is 21.0. The summed E-state index contributed by atoms with van der Waals surface area (Å²) in [6.07, 6.45) is -1.24. The van der Waals surface area contributed by atoms with Gasteiger partial charge < -0.3 is 5.11 Å². The highest BCUT2D eigenvalue weighted by Gasteiger charge is 2.31. The third kappa shape index (κ3) is 4.44. The summed E-state index contributed by atoms with van der Waals surface area (Å²) in [6.45, 7) is 1.84. The molecule has 0 aliphatic heterocycles.